The molecule has 0 aliphatic carbocycles. The molecule has 2 aromatic rings. The van der Waals surface area contributed by atoms with Crippen LogP contribution in [-0.2, 0) is 4.79 Å². The zero-order valence-corrected chi connectivity index (χ0v) is 11.7. The number of ether oxygens (including phenoxy) is 1. The van der Waals surface area contributed by atoms with E-state index in [0.29, 0.717) is 22.8 Å². The molecule has 5 nitrogen and oxygen atoms in total. The average molecular weight is 297 g/mol. The Morgan fingerprint density at radius 2 is 2.14 bits per heavy atom. The number of methoxy groups -OCH3 is 1. The SMILES string of the molecule is COc1ccc(F)cc1/C=C1/N=C(c2ccccn2)NC1=O. The van der Waals surface area contributed by atoms with E-state index in [1.54, 1.807) is 24.4 Å². The number of pyridine rings is 1. The molecule has 2 heterocycles. The standard InChI is InChI=1S/C16H12FN3O2/c1-22-14-6-5-11(17)8-10(14)9-13-16(21)20-15(19-13)12-4-2-3-7-18-12/h2-9H,1H3,(H,19,20,21)/b13-9+. The molecule has 1 aromatic heterocycles. The van der Waals surface area contributed by atoms with Crippen LogP contribution in [0, 0.1) is 5.82 Å². The number of halogens is 1. The Bertz CT molecular complexity index is 785. The fourth-order valence-corrected chi connectivity index (χ4v) is 2.06. The fourth-order valence-electron chi connectivity index (χ4n) is 2.06. The number of carbonyl (C=O) groups excluding carboxylic acids is 1. The van der Waals surface area contributed by atoms with E-state index in [1.807, 2.05) is 0 Å². The van der Waals surface area contributed by atoms with E-state index in [0.717, 1.165) is 0 Å². The molecule has 1 aliphatic heterocycles. The van der Waals surface area contributed by atoms with E-state index >= 15 is 0 Å². The maximum absolute atomic E-state index is 13.4. The third-order valence-corrected chi connectivity index (χ3v) is 3.09. The van der Waals surface area contributed by atoms with Gasteiger partial charge in [-0.15, -0.1) is 0 Å². The van der Waals surface area contributed by atoms with Crippen LogP contribution in [-0.4, -0.2) is 23.8 Å². The summed E-state index contributed by atoms with van der Waals surface area (Å²) in [5, 5.41) is 2.64. The quantitative estimate of drug-likeness (QED) is 0.883. The lowest BCUT2D eigenvalue weighted by atomic mass is 10.1. The largest absolute Gasteiger partial charge is 0.496 e. The zero-order chi connectivity index (χ0) is 15.5. The van der Waals surface area contributed by atoms with E-state index in [1.165, 1.54) is 31.4 Å². The van der Waals surface area contributed by atoms with Gasteiger partial charge in [-0.25, -0.2) is 9.38 Å². The van der Waals surface area contributed by atoms with Gasteiger partial charge in [-0.3, -0.25) is 9.78 Å². The summed E-state index contributed by atoms with van der Waals surface area (Å²) < 4.78 is 18.5. The molecule has 1 amide bonds. The number of rotatable bonds is 3. The molecular formula is C16H12FN3O2. The van der Waals surface area contributed by atoms with E-state index in [9.17, 15) is 9.18 Å². The molecule has 6 heteroatoms. The van der Waals surface area contributed by atoms with Gasteiger partial charge >= 0.3 is 0 Å². The first-order valence-electron chi connectivity index (χ1n) is 6.54. The smallest absolute Gasteiger partial charge is 0.275 e. The molecule has 0 unspecified atom stereocenters. The van der Waals surface area contributed by atoms with Crippen LogP contribution >= 0.6 is 0 Å². The molecule has 1 aliphatic rings. The van der Waals surface area contributed by atoms with Crippen LogP contribution in [0.5, 0.6) is 5.75 Å². The molecule has 3 rings (SSSR count). The minimum Gasteiger partial charge on any atom is -0.496 e. The summed E-state index contributed by atoms with van der Waals surface area (Å²) in [5.74, 6) is 0.0438. The minimum absolute atomic E-state index is 0.171. The van der Waals surface area contributed by atoms with Crippen molar-refractivity contribution in [3.63, 3.8) is 0 Å². The Morgan fingerprint density at radius 1 is 1.27 bits per heavy atom. The molecule has 0 saturated carbocycles. The molecule has 22 heavy (non-hydrogen) atoms. The monoisotopic (exact) mass is 297 g/mol. The van der Waals surface area contributed by atoms with Crippen LogP contribution < -0.4 is 10.1 Å². The summed E-state index contributed by atoms with van der Waals surface area (Å²) in [7, 11) is 1.48. The molecule has 0 spiro atoms. The van der Waals surface area contributed by atoms with Crippen LogP contribution in [0.15, 0.2) is 53.3 Å². The lowest BCUT2D eigenvalue weighted by molar-refractivity contribution is -0.115. The second-order valence-electron chi connectivity index (χ2n) is 4.55. The predicted molar refractivity (Wildman–Crippen MR) is 79.8 cm³/mol. The lowest BCUT2D eigenvalue weighted by Crippen LogP contribution is -2.25. The normalized spacial score (nSPS) is 15.6. The summed E-state index contributed by atoms with van der Waals surface area (Å²) in [5.41, 5.74) is 1.17. The topological polar surface area (TPSA) is 63.6 Å². The van der Waals surface area contributed by atoms with Crippen molar-refractivity contribution < 1.29 is 13.9 Å². The summed E-state index contributed by atoms with van der Waals surface area (Å²) in [6.45, 7) is 0. The van der Waals surface area contributed by atoms with Crippen molar-refractivity contribution in [3.05, 3.63) is 65.4 Å². The van der Waals surface area contributed by atoms with Gasteiger partial charge in [0.15, 0.2) is 5.84 Å². The first-order chi connectivity index (χ1) is 10.7. The first-order valence-corrected chi connectivity index (χ1v) is 6.54. The Hall–Kier alpha value is -3.02. The van der Waals surface area contributed by atoms with Gasteiger partial charge in [-0.2, -0.15) is 0 Å². The van der Waals surface area contributed by atoms with Gasteiger partial charge in [-0.1, -0.05) is 6.07 Å². The summed E-state index contributed by atoms with van der Waals surface area (Å²) in [6, 6.07) is 9.39. The number of nitrogens with zero attached hydrogens (tertiary/aromatic N) is 2. The van der Waals surface area contributed by atoms with Gasteiger partial charge < -0.3 is 10.1 Å². The average Bonchev–Trinajstić information content (AvgIpc) is 2.90. The minimum atomic E-state index is -0.417. The van der Waals surface area contributed by atoms with Crippen molar-refractivity contribution in [1.82, 2.24) is 10.3 Å². The van der Waals surface area contributed by atoms with Crippen molar-refractivity contribution >= 4 is 17.8 Å². The van der Waals surface area contributed by atoms with Gasteiger partial charge in [0, 0.05) is 11.8 Å². The summed E-state index contributed by atoms with van der Waals surface area (Å²) in [6.07, 6.45) is 3.09. The Kier molecular flexibility index (Phi) is 3.65. The highest BCUT2D eigenvalue weighted by atomic mass is 19.1. The molecular weight excluding hydrogens is 285 g/mol. The molecule has 0 bridgehead atoms. The maximum Gasteiger partial charge on any atom is 0.275 e. The molecule has 1 aromatic carbocycles. The third-order valence-electron chi connectivity index (χ3n) is 3.09. The number of hydrogen-bond acceptors (Lipinski definition) is 4. The van der Waals surface area contributed by atoms with E-state index in [-0.39, 0.29) is 11.6 Å². The molecule has 0 fully saturated rings. The maximum atomic E-state index is 13.4. The Balaban J connectivity index is 2.00. The van der Waals surface area contributed by atoms with Crippen LogP contribution in [0.2, 0.25) is 0 Å². The summed E-state index contributed by atoms with van der Waals surface area (Å²) >= 11 is 0. The highest BCUT2D eigenvalue weighted by Gasteiger charge is 2.22. The lowest BCUT2D eigenvalue weighted by Gasteiger charge is -2.04. The summed E-state index contributed by atoms with van der Waals surface area (Å²) in [4.78, 5) is 20.3. The zero-order valence-electron chi connectivity index (χ0n) is 11.7. The highest BCUT2D eigenvalue weighted by Crippen LogP contribution is 2.23. The molecule has 0 saturated heterocycles. The fraction of sp³-hybridized carbons (Fsp3) is 0.0625. The first kappa shape index (κ1) is 13.9. The molecule has 0 atom stereocenters. The van der Waals surface area contributed by atoms with Crippen molar-refractivity contribution in [2.45, 2.75) is 0 Å². The number of carbonyl (C=O) groups is 1. The number of amides is 1. The predicted octanol–water partition coefficient (Wildman–Crippen LogP) is 2.15. The number of hydrogen-bond donors (Lipinski definition) is 1. The molecule has 110 valence electrons. The Morgan fingerprint density at radius 3 is 2.86 bits per heavy atom. The second kappa shape index (κ2) is 5.77. The second-order valence-corrected chi connectivity index (χ2v) is 4.55. The number of amidine groups is 1. The van der Waals surface area contributed by atoms with Crippen LogP contribution in [0.25, 0.3) is 6.08 Å². The van der Waals surface area contributed by atoms with Gasteiger partial charge in [0.05, 0.1) is 7.11 Å². The number of nitrogens with one attached hydrogen (secondary N) is 1. The van der Waals surface area contributed by atoms with Gasteiger partial charge in [-0.05, 0) is 36.4 Å². The van der Waals surface area contributed by atoms with Crippen molar-refractivity contribution in [3.8, 4) is 5.75 Å². The van der Waals surface area contributed by atoms with Gasteiger partial charge in [0.25, 0.3) is 5.91 Å². The number of aliphatic imine (C=N–C) groups is 1. The Labute approximate surface area is 126 Å². The van der Waals surface area contributed by atoms with E-state index in [4.69, 9.17) is 4.74 Å². The van der Waals surface area contributed by atoms with Crippen LogP contribution in [0.1, 0.15) is 11.3 Å². The van der Waals surface area contributed by atoms with Gasteiger partial charge in [0.1, 0.15) is 23.0 Å². The van der Waals surface area contributed by atoms with Crippen LogP contribution in [0.3, 0.4) is 0 Å². The van der Waals surface area contributed by atoms with Crippen molar-refractivity contribution in [2.75, 3.05) is 7.11 Å². The number of benzene rings is 1. The van der Waals surface area contributed by atoms with E-state index in [2.05, 4.69) is 15.3 Å². The van der Waals surface area contributed by atoms with E-state index < -0.39 is 5.82 Å². The molecule has 1 N–H and O–H groups in total. The van der Waals surface area contributed by atoms with Gasteiger partial charge in [0.2, 0.25) is 0 Å². The number of aromatic nitrogens is 1. The third kappa shape index (κ3) is 2.71. The van der Waals surface area contributed by atoms with Crippen LogP contribution in [0.4, 0.5) is 4.39 Å². The highest BCUT2D eigenvalue weighted by molar-refractivity contribution is 6.19. The van der Waals surface area contributed by atoms with Crippen molar-refractivity contribution in [1.29, 1.82) is 0 Å². The van der Waals surface area contributed by atoms with Crippen molar-refractivity contribution in [2.24, 2.45) is 4.99 Å². The molecule has 0 radical (unpaired) electrons.